The molecule has 4 heteroatoms. The van der Waals surface area contributed by atoms with Crippen molar-refractivity contribution in [1.29, 1.82) is 0 Å². The molecular formula is C12H14O4. The van der Waals surface area contributed by atoms with Crippen LogP contribution >= 0.6 is 0 Å². The predicted octanol–water partition coefficient (Wildman–Crippen LogP) is 2.06. The van der Waals surface area contributed by atoms with Gasteiger partial charge in [0.1, 0.15) is 0 Å². The summed E-state index contributed by atoms with van der Waals surface area (Å²) in [6, 6.07) is 6.95. The van der Waals surface area contributed by atoms with Crippen LogP contribution in [0.4, 0.5) is 0 Å². The lowest BCUT2D eigenvalue weighted by atomic mass is 10.1. The van der Waals surface area contributed by atoms with Crippen molar-refractivity contribution in [2.75, 3.05) is 0 Å². The average molecular weight is 222 g/mol. The summed E-state index contributed by atoms with van der Waals surface area (Å²) >= 11 is 0. The minimum atomic E-state index is -0.869. The van der Waals surface area contributed by atoms with E-state index in [2.05, 4.69) is 4.74 Å². The summed E-state index contributed by atoms with van der Waals surface area (Å²) in [5.41, 5.74) is 1.49. The van der Waals surface area contributed by atoms with Crippen LogP contribution < -0.4 is 0 Å². The fraction of sp³-hybridized carbons (Fsp3) is 0.333. The predicted molar refractivity (Wildman–Crippen MR) is 57.8 cm³/mol. The molecule has 1 aromatic rings. The minimum Gasteiger partial charge on any atom is -0.426 e. The molecule has 0 amide bonds. The molecule has 1 aromatic carbocycles. The molecule has 0 N–H and O–H groups in total. The molecule has 0 spiro atoms. The Morgan fingerprint density at radius 3 is 2.19 bits per heavy atom. The third-order valence-electron chi connectivity index (χ3n) is 1.89. The maximum Gasteiger partial charge on any atom is 0.341 e. The van der Waals surface area contributed by atoms with E-state index in [4.69, 9.17) is 4.74 Å². The molecule has 0 aromatic heterocycles. The van der Waals surface area contributed by atoms with Gasteiger partial charge in [-0.15, -0.1) is 0 Å². The number of aryl methyl sites for hydroxylation is 1. The van der Waals surface area contributed by atoms with Gasteiger partial charge in [-0.1, -0.05) is 17.7 Å². The van der Waals surface area contributed by atoms with E-state index >= 15 is 0 Å². The second kappa shape index (κ2) is 5.30. The maximum atomic E-state index is 11.5. The molecule has 16 heavy (non-hydrogen) atoms. The second-order valence-electron chi connectivity index (χ2n) is 3.45. The van der Waals surface area contributed by atoms with E-state index in [0.29, 0.717) is 5.56 Å². The second-order valence-corrected chi connectivity index (χ2v) is 3.45. The van der Waals surface area contributed by atoms with Gasteiger partial charge in [-0.3, -0.25) is 4.79 Å². The largest absolute Gasteiger partial charge is 0.426 e. The van der Waals surface area contributed by atoms with Crippen LogP contribution in [0.1, 0.15) is 29.8 Å². The van der Waals surface area contributed by atoms with E-state index in [-0.39, 0.29) is 0 Å². The van der Waals surface area contributed by atoms with E-state index in [9.17, 15) is 9.59 Å². The topological polar surface area (TPSA) is 52.6 Å². The highest BCUT2D eigenvalue weighted by Crippen LogP contribution is 2.07. The van der Waals surface area contributed by atoms with E-state index in [1.165, 1.54) is 13.8 Å². The van der Waals surface area contributed by atoms with Crippen molar-refractivity contribution in [2.45, 2.75) is 27.1 Å². The molecule has 0 fully saturated rings. The van der Waals surface area contributed by atoms with E-state index in [0.717, 1.165) is 5.56 Å². The normalized spacial score (nSPS) is 11.7. The Morgan fingerprint density at radius 1 is 1.12 bits per heavy atom. The smallest absolute Gasteiger partial charge is 0.341 e. The Bertz CT molecular complexity index is 381. The zero-order valence-corrected chi connectivity index (χ0v) is 9.52. The summed E-state index contributed by atoms with van der Waals surface area (Å²) in [7, 11) is 0. The van der Waals surface area contributed by atoms with Crippen molar-refractivity contribution < 1.29 is 19.1 Å². The number of esters is 2. The molecule has 0 aliphatic heterocycles. The van der Waals surface area contributed by atoms with Crippen molar-refractivity contribution in [3.05, 3.63) is 35.4 Å². The number of ether oxygens (including phenoxy) is 2. The van der Waals surface area contributed by atoms with E-state index in [1.54, 1.807) is 12.1 Å². The lowest BCUT2D eigenvalue weighted by molar-refractivity contribution is -0.162. The van der Waals surface area contributed by atoms with Crippen LogP contribution in [-0.2, 0) is 14.3 Å². The lowest BCUT2D eigenvalue weighted by Crippen LogP contribution is -2.20. The molecule has 0 saturated heterocycles. The molecule has 1 rings (SSSR count). The average Bonchev–Trinajstić information content (AvgIpc) is 2.16. The van der Waals surface area contributed by atoms with Crippen molar-refractivity contribution in [3.8, 4) is 0 Å². The number of carbonyl (C=O) groups is 2. The van der Waals surface area contributed by atoms with Gasteiger partial charge in [0, 0.05) is 13.8 Å². The first-order valence-electron chi connectivity index (χ1n) is 4.94. The van der Waals surface area contributed by atoms with Crippen LogP contribution in [0, 0.1) is 6.92 Å². The van der Waals surface area contributed by atoms with E-state index in [1.807, 2.05) is 19.1 Å². The SMILES string of the molecule is CC(=O)OC(C)OC(=O)c1ccc(C)cc1. The van der Waals surface area contributed by atoms with Crippen molar-refractivity contribution in [2.24, 2.45) is 0 Å². The Hall–Kier alpha value is -1.84. The van der Waals surface area contributed by atoms with Crippen LogP contribution in [0.2, 0.25) is 0 Å². The van der Waals surface area contributed by atoms with Crippen molar-refractivity contribution in [1.82, 2.24) is 0 Å². The monoisotopic (exact) mass is 222 g/mol. The molecule has 0 saturated carbocycles. The molecule has 0 aliphatic carbocycles. The zero-order valence-electron chi connectivity index (χ0n) is 9.52. The van der Waals surface area contributed by atoms with Crippen LogP contribution in [0.3, 0.4) is 0 Å². The zero-order chi connectivity index (χ0) is 12.1. The minimum absolute atomic E-state index is 0.435. The first-order chi connectivity index (χ1) is 7.49. The van der Waals surface area contributed by atoms with E-state index < -0.39 is 18.2 Å². The summed E-state index contributed by atoms with van der Waals surface area (Å²) in [5.74, 6) is -0.988. The number of hydrogen-bond acceptors (Lipinski definition) is 4. The molecule has 0 aliphatic rings. The first-order valence-corrected chi connectivity index (χ1v) is 4.94. The molecule has 4 nitrogen and oxygen atoms in total. The Morgan fingerprint density at radius 2 is 1.69 bits per heavy atom. The molecule has 0 heterocycles. The fourth-order valence-corrected chi connectivity index (χ4v) is 1.17. The molecule has 0 radical (unpaired) electrons. The summed E-state index contributed by atoms with van der Waals surface area (Å²) < 4.78 is 9.59. The maximum absolute atomic E-state index is 11.5. The number of hydrogen-bond donors (Lipinski definition) is 0. The Balaban J connectivity index is 2.58. The van der Waals surface area contributed by atoms with Gasteiger partial charge in [-0.2, -0.15) is 0 Å². The quantitative estimate of drug-likeness (QED) is 0.580. The van der Waals surface area contributed by atoms with Gasteiger partial charge in [0.15, 0.2) is 0 Å². The first kappa shape index (κ1) is 12.2. The van der Waals surface area contributed by atoms with Gasteiger partial charge in [-0.05, 0) is 19.1 Å². The summed E-state index contributed by atoms with van der Waals surface area (Å²) in [6.07, 6.45) is -0.869. The van der Waals surface area contributed by atoms with Gasteiger partial charge in [0.25, 0.3) is 0 Å². The van der Waals surface area contributed by atoms with Gasteiger partial charge in [-0.25, -0.2) is 4.79 Å². The van der Waals surface area contributed by atoms with Crippen molar-refractivity contribution in [3.63, 3.8) is 0 Å². The third-order valence-corrected chi connectivity index (χ3v) is 1.89. The summed E-state index contributed by atoms with van der Waals surface area (Å²) in [6.45, 7) is 4.68. The molecule has 0 bridgehead atoms. The van der Waals surface area contributed by atoms with Crippen LogP contribution in [-0.4, -0.2) is 18.2 Å². The molecular weight excluding hydrogens is 208 g/mol. The molecule has 1 unspecified atom stereocenters. The summed E-state index contributed by atoms with van der Waals surface area (Å²) in [4.78, 5) is 22.1. The van der Waals surface area contributed by atoms with Gasteiger partial charge in [0.05, 0.1) is 5.56 Å². The standard InChI is InChI=1S/C12H14O4/c1-8-4-6-11(7-5-8)12(14)16-10(3)15-9(2)13/h4-7,10H,1-3H3. The van der Waals surface area contributed by atoms with Gasteiger partial charge < -0.3 is 9.47 Å². The highest BCUT2D eigenvalue weighted by molar-refractivity contribution is 5.89. The highest BCUT2D eigenvalue weighted by Gasteiger charge is 2.13. The third kappa shape index (κ3) is 3.73. The highest BCUT2D eigenvalue weighted by atomic mass is 16.7. The fourth-order valence-electron chi connectivity index (χ4n) is 1.17. The van der Waals surface area contributed by atoms with Crippen LogP contribution in [0.25, 0.3) is 0 Å². The summed E-state index contributed by atoms with van der Waals surface area (Å²) in [5, 5.41) is 0. The number of carbonyl (C=O) groups excluding carboxylic acids is 2. The van der Waals surface area contributed by atoms with Gasteiger partial charge >= 0.3 is 11.9 Å². The van der Waals surface area contributed by atoms with Gasteiger partial charge in [0.2, 0.25) is 6.29 Å². The molecule has 1 atom stereocenters. The van der Waals surface area contributed by atoms with Crippen LogP contribution in [0.15, 0.2) is 24.3 Å². The molecule has 86 valence electrons. The van der Waals surface area contributed by atoms with Crippen molar-refractivity contribution >= 4 is 11.9 Å². The Kier molecular flexibility index (Phi) is 4.05. The van der Waals surface area contributed by atoms with Crippen LogP contribution in [0.5, 0.6) is 0 Å². The Labute approximate surface area is 94.2 Å². The number of benzene rings is 1. The number of rotatable bonds is 3. The lowest BCUT2D eigenvalue weighted by Gasteiger charge is -2.12.